The molecule has 1 N–H and O–H groups in total. The zero-order valence-corrected chi connectivity index (χ0v) is 11.0. The van der Waals surface area contributed by atoms with Crippen LogP contribution in [-0.2, 0) is 6.42 Å². The number of nitrogens with one attached hydrogen (secondary N) is 1. The molecule has 1 nitrogen and oxygen atoms in total. The minimum absolute atomic E-state index is 0.419. The van der Waals surface area contributed by atoms with E-state index in [1.807, 2.05) is 12.1 Å². The third-order valence-corrected chi connectivity index (χ3v) is 3.93. The molecule has 1 heterocycles. The van der Waals surface area contributed by atoms with Crippen molar-refractivity contribution in [3.63, 3.8) is 0 Å². The Kier molecular flexibility index (Phi) is 4.37. The van der Waals surface area contributed by atoms with Crippen LogP contribution >= 0.6 is 34.8 Å². The number of halogens is 3. The normalized spacial score (nSPS) is 21.1. The van der Waals surface area contributed by atoms with Gasteiger partial charge in [0.2, 0.25) is 0 Å². The number of piperidine rings is 1. The Bertz CT molecular complexity index is 350. The highest BCUT2D eigenvalue weighted by Gasteiger charge is 2.14. The Morgan fingerprint density at radius 1 is 1.19 bits per heavy atom. The van der Waals surface area contributed by atoms with E-state index in [2.05, 4.69) is 11.7 Å². The van der Waals surface area contributed by atoms with Crippen molar-refractivity contribution in [1.82, 2.24) is 5.32 Å². The number of benzene rings is 1. The second-order valence-electron chi connectivity index (χ2n) is 4.02. The van der Waals surface area contributed by atoms with Crippen molar-refractivity contribution in [2.45, 2.75) is 25.3 Å². The van der Waals surface area contributed by atoms with E-state index in [0.29, 0.717) is 21.1 Å². The van der Waals surface area contributed by atoms with Crippen molar-refractivity contribution in [2.24, 2.45) is 0 Å². The molecule has 1 aliphatic heterocycles. The molecular formula is C12H13Cl3N. The smallest absolute Gasteiger partial charge is 0.0778 e. The minimum atomic E-state index is 0.419. The van der Waals surface area contributed by atoms with Gasteiger partial charge in [0.15, 0.2) is 0 Å². The van der Waals surface area contributed by atoms with Crippen LogP contribution < -0.4 is 5.32 Å². The Hall–Kier alpha value is 0.0500. The largest absolute Gasteiger partial charge is 0.313 e. The molecule has 1 aliphatic rings. The van der Waals surface area contributed by atoms with Crippen molar-refractivity contribution in [3.8, 4) is 0 Å². The van der Waals surface area contributed by atoms with E-state index in [1.54, 1.807) is 0 Å². The summed E-state index contributed by atoms with van der Waals surface area (Å²) in [5, 5.41) is 4.94. The molecule has 1 atom stereocenters. The van der Waals surface area contributed by atoms with Gasteiger partial charge in [0, 0.05) is 6.04 Å². The van der Waals surface area contributed by atoms with Gasteiger partial charge in [-0.05, 0) is 49.9 Å². The molecule has 0 saturated carbocycles. The number of rotatable bonds is 2. The molecule has 1 aromatic carbocycles. The first-order valence-electron chi connectivity index (χ1n) is 5.37. The predicted octanol–water partition coefficient (Wildman–Crippen LogP) is 4.15. The lowest BCUT2D eigenvalue weighted by atomic mass is 9.98. The van der Waals surface area contributed by atoms with Gasteiger partial charge in [-0.25, -0.2) is 0 Å². The van der Waals surface area contributed by atoms with Crippen LogP contribution in [0.25, 0.3) is 0 Å². The van der Waals surface area contributed by atoms with E-state index < -0.39 is 0 Å². The van der Waals surface area contributed by atoms with Gasteiger partial charge in [-0.3, -0.25) is 0 Å². The standard InChI is InChI=1S/C12H13Cl3N/c13-10-6-8(7-11(14)12(10)15)5-9-3-1-2-4-16-9/h3,6-7,9,16H,1-2,4-5H2. The van der Waals surface area contributed by atoms with Gasteiger partial charge >= 0.3 is 0 Å². The topological polar surface area (TPSA) is 12.0 Å². The van der Waals surface area contributed by atoms with Crippen LogP contribution in [0.2, 0.25) is 15.1 Å². The Morgan fingerprint density at radius 2 is 1.88 bits per heavy atom. The molecule has 1 saturated heterocycles. The fraction of sp³-hybridized carbons (Fsp3) is 0.417. The van der Waals surface area contributed by atoms with Crippen LogP contribution in [0.5, 0.6) is 0 Å². The predicted molar refractivity (Wildman–Crippen MR) is 70.5 cm³/mol. The van der Waals surface area contributed by atoms with Crippen LogP contribution in [0.1, 0.15) is 18.4 Å². The minimum Gasteiger partial charge on any atom is -0.313 e. The second-order valence-corrected chi connectivity index (χ2v) is 5.21. The van der Waals surface area contributed by atoms with Crippen LogP contribution in [0.4, 0.5) is 0 Å². The molecule has 0 bridgehead atoms. The molecular weight excluding hydrogens is 264 g/mol. The lowest BCUT2D eigenvalue weighted by Crippen LogP contribution is -2.36. The Balaban J connectivity index is 2.09. The van der Waals surface area contributed by atoms with Crippen LogP contribution in [0.15, 0.2) is 12.1 Å². The average Bonchev–Trinajstić information content (AvgIpc) is 2.27. The summed E-state index contributed by atoms with van der Waals surface area (Å²) in [4.78, 5) is 0. The maximum Gasteiger partial charge on any atom is 0.0778 e. The summed E-state index contributed by atoms with van der Waals surface area (Å²) in [5.74, 6) is 0. The average molecular weight is 278 g/mol. The summed E-state index contributed by atoms with van der Waals surface area (Å²) in [6.45, 7) is 1.08. The lowest BCUT2D eigenvalue weighted by Gasteiger charge is -2.23. The maximum absolute atomic E-state index is 5.99. The SMILES string of the molecule is Clc1cc(CC2[CH]CCCN2)cc(Cl)c1Cl. The van der Waals surface area contributed by atoms with E-state index in [0.717, 1.165) is 18.5 Å². The molecule has 0 aliphatic carbocycles. The highest BCUT2D eigenvalue weighted by molar-refractivity contribution is 6.48. The van der Waals surface area contributed by atoms with Crippen molar-refractivity contribution in [3.05, 3.63) is 39.2 Å². The van der Waals surface area contributed by atoms with Gasteiger partial charge in [0.05, 0.1) is 15.1 Å². The van der Waals surface area contributed by atoms with Gasteiger partial charge in [-0.2, -0.15) is 0 Å². The van der Waals surface area contributed by atoms with Crippen LogP contribution in [0, 0.1) is 6.42 Å². The summed E-state index contributed by atoms with van der Waals surface area (Å²) < 4.78 is 0. The molecule has 2 rings (SSSR count). The van der Waals surface area contributed by atoms with Crippen molar-refractivity contribution < 1.29 is 0 Å². The molecule has 1 radical (unpaired) electrons. The molecule has 1 fully saturated rings. The quantitative estimate of drug-likeness (QED) is 0.801. The monoisotopic (exact) mass is 276 g/mol. The van der Waals surface area contributed by atoms with Gasteiger partial charge < -0.3 is 5.32 Å². The van der Waals surface area contributed by atoms with Gasteiger partial charge in [0.25, 0.3) is 0 Å². The highest BCUT2D eigenvalue weighted by atomic mass is 35.5. The van der Waals surface area contributed by atoms with E-state index in [-0.39, 0.29) is 0 Å². The van der Waals surface area contributed by atoms with Crippen molar-refractivity contribution in [1.29, 1.82) is 0 Å². The maximum atomic E-state index is 5.99. The molecule has 4 heteroatoms. The van der Waals surface area contributed by atoms with Crippen LogP contribution in [-0.4, -0.2) is 12.6 Å². The summed E-state index contributed by atoms with van der Waals surface area (Å²) in [6.07, 6.45) is 5.61. The van der Waals surface area contributed by atoms with Crippen molar-refractivity contribution >= 4 is 34.8 Å². The fourth-order valence-electron chi connectivity index (χ4n) is 1.93. The highest BCUT2D eigenvalue weighted by Crippen LogP contribution is 2.31. The van der Waals surface area contributed by atoms with E-state index in [9.17, 15) is 0 Å². The molecule has 1 unspecified atom stereocenters. The molecule has 0 aromatic heterocycles. The van der Waals surface area contributed by atoms with E-state index in [4.69, 9.17) is 34.8 Å². The first-order valence-corrected chi connectivity index (χ1v) is 6.50. The number of hydrogen-bond donors (Lipinski definition) is 1. The van der Waals surface area contributed by atoms with E-state index in [1.165, 1.54) is 12.8 Å². The van der Waals surface area contributed by atoms with Crippen molar-refractivity contribution in [2.75, 3.05) is 6.54 Å². The van der Waals surface area contributed by atoms with Gasteiger partial charge in [-0.1, -0.05) is 34.8 Å². The third kappa shape index (κ3) is 3.04. The summed E-state index contributed by atoms with van der Waals surface area (Å²) in [6, 6.07) is 4.20. The zero-order chi connectivity index (χ0) is 11.5. The first-order chi connectivity index (χ1) is 7.66. The molecule has 0 spiro atoms. The van der Waals surface area contributed by atoms with Crippen LogP contribution in [0.3, 0.4) is 0 Å². The molecule has 87 valence electrons. The Labute approximate surface area is 111 Å². The molecule has 1 aromatic rings. The Morgan fingerprint density at radius 3 is 2.44 bits per heavy atom. The molecule has 0 amide bonds. The summed E-state index contributed by atoms with van der Waals surface area (Å²) >= 11 is 17.9. The second kappa shape index (κ2) is 5.59. The molecule has 16 heavy (non-hydrogen) atoms. The van der Waals surface area contributed by atoms with E-state index >= 15 is 0 Å². The lowest BCUT2D eigenvalue weighted by molar-refractivity contribution is 0.481. The zero-order valence-electron chi connectivity index (χ0n) is 8.77. The van der Waals surface area contributed by atoms with Gasteiger partial charge in [0.1, 0.15) is 0 Å². The fourth-order valence-corrected chi connectivity index (χ4v) is 2.57. The summed E-state index contributed by atoms with van der Waals surface area (Å²) in [5.41, 5.74) is 1.12. The number of hydrogen-bond acceptors (Lipinski definition) is 1. The summed E-state index contributed by atoms with van der Waals surface area (Å²) in [7, 11) is 0. The first kappa shape index (κ1) is 12.5. The third-order valence-electron chi connectivity index (χ3n) is 2.74. The van der Waals surface area contributed by atoms with Gasteiger partial charge in [-0.15, -0.1) is 0 Å².